The Hall–Kier alpha value is -3.19. The number of halogens is 1. The lowest BCUT2D eigenvalue weighted by molar-refractivity contribution is -0.118. The van der Waals surface area contributed by atoms with Crippen molar-refractivity contribution in [3.63, 3.8) is 0 Å². The number of aryl methyl sites for hydroxylation is 2. The zero-order valence-electron chi connectivity index (χ0n) is 15.6. The Morgan fingerprint density at radius 1 is 1.03 bits per heavy atom. The minimum absolute atomic E-state index is 0.0775. The zero-order chi connectivity index (χ0) is 20.1. The van der Waals surface area contributed by atoms with Crippen molar-refractivity contribution >= 4 is 38.4 Å². The Morgan fingerprint density at radius 2 is 1.83 bits per heavy atom. The van der Waals surface area contributed by atoms with E-state index in [4.69, 9.17) is 4.74 Å². The lowest BCUT2D eigenvalue weighted by Crippen LogP contribution is -2.20. The molecule has 2 aromatic heterocycles. The van der Waals surface area contributed by atoms with E-state index in [2.05, 4.69) is 31.3 Å². The van der Waals surface area contributed by atoms with Crippen LogP contribution in [0.3, 0.4) is 0 Å². The highest BCUT2D eigenvalue weighted by Crippen LogP contribution is 2.24. The van der Waals surface area contributed by atoms with Crippen LogP contribution < -0.4 is 10.1 Å². The summed E-state index contributed by atoms with van der Waals surface area (Å²) in [6.45, 7) is 0.648. The summed E-state index contributed by atoms with van der Waals surface area (Å²) in [5.41, 5.74) is 1.19. The van der Waals surface area contributed by atoms with Crippen molar-refractivity contribution in [1.82, 2.24) is 14.8 Å². The summed E-state index contributed by atoms with van der Waals surface area (Å²) in [4.78, 5) is 16.2. The molecule has 29 heavy (non-hydrogen) atoms. The highest BCUT2D eigenvalue weighted by Gasteiger charge is 2.07. The third kappa shape index (κ3) is 5.20. The molecule has 0 aliphatic heterocycles. The maximum atomic E-state index is 12.2. The van der Waals surface area contributed by atoms with Gasteiger partial charge in [0.2, 0.25) is 0 Å². The van der Waals surface area contributed by atoms with Crippen molar-refractivity contribution in [3.8, 4) is 5.75 Å². The standard InChI is InChI=1S/C22H19BrN4O2/c23-19-3-1-18-14-20(4-2-17(18)13-19)29-15-22(28)25-21-8-12-27(26-21)11-7-16-5-9-24-10-6-16/h1-6,8-10,12-14H,7,11,15H2,(H,25,26,28). The zero-order valence-corrected chi connectivity index (χ0v) is 17.2. The summed E-state index contributed by atoms with van der Waals surface area (Å²) in [6.07, 6.45) is 6.25. The van der Waals surface area contributed by atoms with E-state index in [0.29, 0.717) is 11.6 Å². The van der Waals surface area contributed by atoms with E-state index in [9.17, 15) is 4.79 Å². The van der Waals surface area contributed by atoms with Gasteiger partial charge in [-0.15, -0.1) is 0 Å². The Bertz CT molecular complexity index is 1130. The van der Waals surface area contributed by atoms with Gasteiger partial charge in [-0.3, -0.25) is 14.5 Å². The summed E-state index contributed by atoms with van der Waals surface area (Å²) in [5.74, 6) is 0.912. The molecule has 0 unspecified atom stereocenters. The van der Waals surface area contributed by atoms with E-state index >= 15 is 0 Å². The van der Waals surface area contributed by atoms with Crippen molar-refractivity contribution < 1.29 is 9.53 Å². The molecular weight excluding hydrogens is 432 g/mol. The van der Waals surface area contributed by atoms with Crippen LogP contribution in [0.2, 0.25) is 0 Å². The Labute approximate surface area is 176 Å². The fourth-order valence-electron chi connectivity index (χ4n) is 2.96. The molecule has 6 nitrogen and oxygen atoms in total. The van der Waals surface area contributed by atoms with Crippen LogP contribution in [0.1, 0.15) is 5.56 Å². The molecule has 4 aromatic rings. The second-order valence-electron chi connectivity index (χ2n) is 6.56. The minimum atomic E-state index is -0.250. The van der Waals surface area contributed by atoms with Crippen molar-refractivity contribution in [2.24, 2.45) is 0 Å². The van der Waals surface area contributed by atoms with E-state index in [1.54, 1.807) is 23.1 Å². The number of hydrogen-bond donors (Lipinski definition) is 1. The molecule has 0 saturated carbocycles. The number of benzene rings is 2. The number of carbonyl (C=O) groups is 1. The van der Waals surface area contributed by atoms with E-state index < -0.39 is 0 Å². The highest BCUT2D eigenvalue weighted by atomic mass is 79.9. The fraction of sp³-hybridized carbons (Fsp3) is 0.136. The van der Waals surface area contributed by atoms with E-state index in [0.717, 1.165) is 28.2 Å². The van der Waals surface area contributed by atoms with Gasteiger partial charge < -0.3 is 10.1 Å². The van der Waals surface area contributed by atoms with E-state index in [1.165, 1.54) is 5.56 Å². The molecule has 1 amide bonds. The van der Waals surface area contributed by atoms with Crippen LogP contribution in [0, 0.1) is 0 Å². The summed E-state index contributed by atoms with van der Waals surface area (Å²) >= 11 is 3.46. The number of amides is 1. The van der Waals surface area contributed by atoms with E-state index in [-0.39, 0.29) is 12.5 Å². The predicted octanol–water partition coefficient (Wildman–Crippen LogP) is 4.45. The molecule has 0 atom stereocenters. The summed E-state index contributed by atoms with van der Waals surface area (Å²) in [7, 11) is 0. The monoisotopic (exact) mass is 450 g/mol. The van der Waals surface area contributed by atoms with Crippen molar-refractivity contribution in [1.29, 1.82) is 0 Å². The van der Waals surface area contributed by atoms with Crippen LogP contribution in [-0.2, 0) is 17.8 Å². The lowest BCUT2D eigenvalue weighted by Gasteiger charge is -2.07. The largest absolute Gasteiger partial charge is 0.484 e. The number of ether oxygens (including phenoxy) is 1. The van der Waals surface area contributed by atoms with Gasteiger partial charge >= 0.3 is 0 Å². The van der Waals surface area contributed by atoms with Gasteiger partial charge in [0, 0.05) is 35.7 Å². The summed E-state index contributed by atoms with van der Waals surface area (Å²) in [5, 5.41) is 9.30. The van der Waals surface area contributed by atoms with Crippen LogP contribution in [0.4, 0.5) is 5.82 Å². The second-order valence-corrected chi connectivity index (χ2v) is 7.48. The molecule has 0 radical (unpaired) electrons. The lowest BCUT2D eigenvalue weighted by atomic mass is 10.1. The molecule has 146 valence electrons. The van der Waals surface area contributed by atoms with Gasteiger partial charge in [0.05, 0.1) is 0 Å². The molecule has 0 saturated heterocycles. The number of anilines is 1. The average molecular weight is 451 g/mol. The van der Waals surface area contributed by atoms with E-state index in [1.807, 2.05) is 54.7 Å². The number of hydrogen-bond acceptors (Lipinski definition) is 4. The first kappa shape index (κ1) is 19.1. The smallest absolute Gasteiger partial charge is 0.263 e. The SMILES string of the molecule is O=C(COc1ccc2cc(Br)ccc2c1)Nc1ccn(CCc2ccncc2)n1. The number of aromatic nitrogens is 3. The summed E-state index contributed by atoms with van der Waals surface area (Å²) < 4.78 is 8.46. The minimum Gasteiger partial charge on any atom is -0.484 e. The topological polar surface area (TPSA) is 69.0 Å². The van der Waals surface area contributed by atoms with Gasteiger partial charge in [0.15, 0.2) is 12.4 Å². The van der Waals surface area contributed by atoms with Gasteiger partial charge in [0.1, 0.15) is 5.75 Å². The van der Waals surface area contributed by atoms with Gasteiger partial charge in [-0.05, 0) is 59.2 Å². The third-order valence-electron chi connectivity index (χ3n) is 4.43. The van der Waals surface area contributed by atoms with Crippen molar-refractivity contribution in [2.75, 3.05) is 11.9 Å². The number of rotatable bonds is 7. The number of nitrogens with one attached hydrogen (secondary N) is 1. The molecule has 0 bridgehead atoms. The molecule has 0 spiro atoms. The van der Waals surface area contributed by atoms with Gasteiger partial charge in [-0.25, -0.2) is 0 Å². The molecule has 0 aliphatic rings. The molecular formula is C22H19BrN4O2. The molecule has 4 rings (SSSR count). The fourth-order valence-corrected chi connectivity index (χ4v) is 3.34. The molecule has 7 heteroatoms. The number of fused-ring (bicyclic) bond motifs is 1. The van der Waals surface area contributed by atoms with Crippen LogP contribution in [-0.4, -0.2) is 27.3 Å². The average Bonchev–Trinajstić information content (AvgIpc) is 3.18. The molecule has 0 aliphatic carbocycles. The van der Waals surface area contributed by atoms with Crippen LogP contribution >= 0.6 is 15.9 Å². The van der Waals surface area contributed by atoms with Gasteiger partial charge in [-0.1, -0.05) is 28.1 Å². The second kappa shape index (κ2) is 8.87. The Kier molecular flexibility index (Phi) is 5.86. The van der Waals surface area contributed by atoms with Gasteiger partial charge in [0.25, 0.3) is 5.91 Å². The molecule has 2 heterocycles. The van der Waals surface area contributed by atoms with Crippen LogP contribution in [0.5, 0.6) is 5.75 Å². The Balaban J connectivity index is 1.28. The van der Waals surface area contributed by atoms with Gasteiger partial charge in [-0.2, -0.15) is 5.10 Å². The van der Waals surface area contributed by atoms with Crippen LogP contribution in [0.25, 0.3) is 10.8 Å². The first-order valence-corrected chi connectivity index (χ1v) is 9.99. The first-order chi connectivity index (χ1) is 14.2. The molecule has 0 fully saturated rings. The number of pyridine rings is 1. The number of nitrogens with zero attached hydrogens (tertiary/aromatic N) is 3. The Morgan fingerprint density at radius 3 is 2.69 bits per heavy atom. The predicted molar refractivity (Wildman–Crippen MR) is 116 cm³/mol. The highest BCUT2D eigenvalue weighted by molar-refractivity contribution is 9.10. The number of carbonyl (C=O) groups excluding carboxylic acids is 1. The third-order valence-corrected chi connectivity index (χ3v) is 4.92. The van der Waals surface area contributed by atoms with Crippen LogP contribution in [0.15, 0.2) is 77.7 Å². The normalized spacial score (nSPS) is 10.8. The molecule has 1 N–H and O–H groups in total. The van der Waals surface area contributed by atoms with Crippen molar-refractivity contribution in [2.45, 2.75) is 13.0 Å². The molecule has 2 aromatic carbocycles. The van der Waals surface area contributed by atoms with Crippen molar-refractivity contribution in [3.05, 3.63) is 83.2 Å². The maximum Gasteiger partial charge on any atom is 0.263 e. The summed E-state index contributed by atoms with van der Waals surface area (Å²) in [6, 6.07) is 17.5. The first-order valence-electron chi connectivity index (χ1n) is 9.20. The maximum absolute atomic E-state index is 12.2. The quantitative estimate of drug-likeness (QED) is 0.451.